The number of amides is 1. The Balaban J connectivity index is 2.04. The van der Waals surface area contributed by atoms with Crippen molar-refractivity contribution in [3.05, 3.63) is 53.1 Å². The highest BCUT2D eigenvalue weighted by atomic mass is 35.5. The third-order valence-electron chi connectivity index (χ3n) is 3.80. The minimum atomic E-state index is -3.92. The Bertz CT molecular complexity index is 914. The normalized spacial score (nSPS) is 11.3. The third kappa shape index (κ3) is 6.12. The molecule has 1 amide bonds. The number of rotatable bonds is 9. The molecular weight excluding hydrogens is 404 g/mol. The molecule has 0 aliphatic carbocycles. The minimum Gasteiger partial charge on any atom is -0.493 e. The van der Waals surface area contributed by atoms with Crippen LogP contribution in [0.3, 0.4) is 0 Å². The van der Waals surface area contributed by atoms with Crippen molar-refractivity contribution in [1.82, 2.24) is 10.3 Å². The van der Waals surface area contributed by atoms with Gasteiger partial charge < -0.3 is 9.47 Å². The van der Waals surface area contributed by atoms with Crippen molar-refractivity contribution >= 4 is 27.5 Å². The summed E-state index contributed by atoms with van der Waals surface area (Å²) in [5.74, 6) is 0.771. The second-order valence-electron chi connectivity index (χ2n) is 6.41. The second-order valence-corrected chi connectivity index (χ2v) is 8.53. The van der Waals surface area contributed by atoms with Gasteiger partial charge in [0.25, 0.3) is 15.9 Å². The zero-order chi connectivity index (χ0) is 20.7. The highest BCUT2D eigenvalue weighted by Crippen LogP contribution is 2.28. The summed E-state index contributed by atoms with van der Waals surface area (Å²) in [7, 11) is -2.45. The molecule has 0 heterocycles. The molecule has 0 bridgehead atoms. The van der Waals surface area contributed by atoms with Crippen LogP contribution in [0.15, 0.2) is 47.4 Å². The number of nitrogens with one attached hydrogen (secondary N) is 2. The zero-order valence-electron chi connectivity index (χ0n) is 15.9. The monoisotopic (exact) mass is 426 g/mol. The van der Waals surface area contributed by atoms with Crippen molar-refractivity contribution in [3.63, 3.8) is 0 Å². The number of halogens is 1. The Labute approximate surface area is 170 Å². The molecule has 2 N–H and O–H groups in total. The molecule has 152 valence electrons. The molecule has 2 rings (SSSR count). The fraction of sp³-hybridized carbons (Fsp3) is 0.316. The van der Waals surface area contributed by atoms with Crippen LogP contribution in [-0.4, -0.2) is 28.0 Å². The lowest BCUT2D eigenvalue weighted by Gasteiger charge is -2.13. The number of carbonyl (C=O) groups is 1. The minimum absolute atomic E-state index is 0.0244. The lowest BCUT2D eigenvalue weighted by Crippen LogP contribution is -2.41. The molecule has 0 fully saturated rings. The predicted octanol–water partition coefficient (Wildman–Crippen LogP) is 3.40. The van der Waals surface area contributed by atoms with Crippen LogP contribution < -0.4 is 19.7 Å². The number of ether oxygens (including phenoxy) is 2. The number of hydrogen-bond acceptors (Lipinski definition) is 5. The number of hydrazine groups is 1. The average Bonchev–Trinajstić information content (AvgIpc) is 2.66. The van der Waals surface area contributed by atoms with Crippen LogP contribution in [0.2, 0.25) is 5.02 Å². The van der Waals surface area contributed by atoms with E-state index in [4.69, 9.17) is 21.1 Å². The molecule has 0 saturated carbocycles. The van der Waals surface area contributed by atoms with E-state index >= 15 is 0 Å². The number of benzene rings is 2. The molecule has 9 heteroatoms. The maximum Gasteiger partial charge on any atom is 0.266 e. The van der Waals surface area contributed by atoms with Crippen LogP contribution in [0.1, 0.15) is 30.6 Å². The summed E-state index contributed by atoms with van der Waals surface area (Å²) in [6.07, 6.45) is 0.887. The quantitative estimate of drug-likeness (QED) is 0.599. The largest absolute Gasteiger partial charge is 0.493 e. The Kier molecular flexibility index (Phi) is 7.68. The van der Waals surface area contributed by atoms with E-state index in [9.17, 15) is 13.2 Å². The number of hydrogen-bond donors (Lipinski definition) is 2. The second kappa shape index (κ2) is 9.77. The summed E-state index contributed by atoms with van der Waals surface area (Å²) in [5, 5.41) is 0.408. The zero-order valence-corrected chi connectivity index (χ0v) is 17.4. The van der Waals surface area contributed by atoms with Gasteiger partial charge in [0.05, 0.1) is 18.6 Å². The molecule has 0 aliphatic heterocycles. The van der Waals surface area contributed by atoms with E-state index in [2.05, 4.69) is 19.3 Å². The van der Waals surface area contributed by atoms with Crippen LogP contribution in [0.5, 0.6) is 11.5 Å². The smallest absolute Gasteiger partial charge is 0.266 e. The molecule has 2 aromatic carbocycles. The molecule has 0 unspecified atom stereocenters. The van der Waals surface area contributed by atoms with Crippen LogP contribution in [0.25, 0.3) is 0 Å². The fourth-order valence-electron chi connectivity index (χ4n) is 2.19. The lowest BCUT2D eigenvalue weighted by atomic mass is 10.1. The maximum atomic E-state index is 12.3. The van der Waals surface area contributed by atoms with Gasteiger partial charge in [-0.3, -0.25) is 10.2 Å². The maximum absolute atomic E-state index is 12.3. The Hall–Kier alpha value is -2.29. The van der Waals surface area contributed by atoms with Crippen molar-refractivity contribution < 1.29 is 22.7 Å². The number of sulfonamides is 1. The summed E-state index contributed by atoms with van der Waals surface area (Å²) in [6, 6.07) is 10.2. The van der Waals surface area contributed by atoms with Crippen molar-refractivity contribution in [3.8, 4) is 11.5 Å². The van der Waals surface area contributed by atoms with Gasteiger partial charge in [0.2, 0.25) is 0 Å². The molecule has 0 atom stereocenters. The Morgan fingerprint density at radius 2 is 1.79 bits per heavy atom. The summed E-state index contributed by atoms with van der Waals surface area (Å²) >= 11 is 5.75. The third-order valence-corrected chi connectivity index (χ3v) is 5.32. The number of carbonyl (C=O) groups excluding carboxylic acids is 1. The van der Waals surface area contributed by atoms with Gasteiger partial charge in [-0.25, -0.2) is 8.42 Å². The van der Waals surface area contributed by atoms with Crippen LogP contribution in [0.4, 0.5) is 0 Å². The van der Waals surface area contributed by atoms with Gasteiger partial charge in [-0.05, 0) is 54.8 Å². The Morgan fingerprint density at radius 3 is 2.39 bits per heavy atom. The van der Waals surface area contributed by atoms with Gasteiger partial charge in [0.15, 0.2) is 11.5 Å². The topological polar surface area (TPSA) is 93.7 Å². The van der Waals surface area contributed by atoms with Gasteiger partial charge in [-0.2, -0.15) is 0 Å². The molecular formula is C19H23ClN2O5S. The molecule has 2 aromatic rings. The van der Waals surface area contributed by atoms with Crippen LogP contribution in [0, 0.1) is 5.92 Å². The lowest BCUT2D eigenvalue weighted by molar-refractivity contribution is 0.0944. The van der Waals surface area contributed by atoms with Crippen molar-refractivity contribution in [2.75, 3.05) is 13.7 Å². The van der Waals surface area contributed by atoms with Gasteiger partial charge in [-0.1, -0.05) is 25.4 Å². The molecule has 0 saturated heterocycles. The fourth-order valence-corrected chi connectivity index (χ4v) is 3.16. The van der Waals surface area contributed by atoms with Gasteiger partial charge in [0.1, 0.15) is 0 Å². The summed E-state index contributed by atoms with van der Waals surface area (Å²) in [6.45, 7) is 4.72. The standard InChI is InChI=1S/C19H23ClN2O5S/c1-13(2)10-11-27-17-9-4-14(12-18(17)26-3)19(23)21-22-28(24,25)16-7-5-15(20)6-8-16/h4-9,12-13,22H,10-11H2,1-3H3,(H,21,23). The van der Waals surface area contributed by atoms with E-state index in [1.54, 1.807) is 6.07 Å². The highest BCUT2D eigenvalue weighted by Gasteiger charge is 2.17. The van der Waals surface area contributed by atoms with Crippen LogP contribution in [-0.2, 0) is 10.0 Å². The van der Waals surface area contributed by atoms with Crippen molar-refractivity contribution in [2.45, 2.75) is 25.2 Å². The van der Waals surface area contributed by atoms with Gasteiger partial charge in [0, 0.05) is 10.6 Å². The van der Waals surface area contributed by atoms with E-state index < -0.39 is 15.9 Å². The molecule has 0 aromatic heterocycles. The van der Waals surface area contributed by atoms with E-state index in [1.165, 1.54) is 43.5 Å². The molecule has 0 radical (unpaired) electrons. The van der Waals surface area contributed by atoms with Crippen molar-refractivity contribution in [1.29, 1.82) is 0 Å². The summed E-state index contributed by atoms with van der Waals surface area (Å²) < 4.78 is 35.4. The van der Waals surface area contributed by atoms with E-state index in [-0.39, 0.29) is 10.5 Å². The first kappa shape index (κ1) is 22.0. The van der Waals surface area contributed by atoms with E-state index in [0.717, 1.165) is 6.42 Å². The van der Waals surface area contributed by atoms with Gasteiger partial charge in [-0.15, -0.1) is 4.83 Å². The first-order chi connectivity index (χ1) is 13.2. The van der Waals surface area contributed by atoms with E-state index in [0.29, 0.717) is 29.0 Å². The van der Waals surface area contributed by atoms with Gasteiger partial charge >= 0.3 is 0 Å². The van der Waals surface area contributed by atoms with E-state index in [1.807, 2.05) is 4.83 Å². The molecule has 0 spiro atoms. The average molecular weight is 427 g/mol. The SMILES string of the molecule is COc1cc(C(=O)NNS(=O)(=O)c2ccc(Cl)cc2)ccc1OCCC(C)C. The molecule has 7 nitrogen and oxygen atoms in total. The first-order valence-corrected chi connectivity index (χ1v) is 10.5. The predicted molar refractivity (Wildman–Crippen MR) is 107 cm³/mol. The Morgan fingerprint density at radius 1 is 1.11 bits per heavy atom. The van der Waals surface area contributed by atoms with Crippen LogP contribution >= 0.6 is 11.6 Å². The molecule has 28 heavy (non-hydrogen) atoms. The first-order valence-electron chi connectivity index (χ1n) is 8.61. The summed E-state index contributed by atoms with van der Waals surface area (Å²) in [5.41, 5.74) is 2.39. The summed E-state index contributed by atoms with van der Waals surface area (Å²) in [4.78, 5) is 14.3. The van der Waals surface area contributed by atoms with Crippen molar-refractivity contribution in [2.24, 2.45) is 5.92 Å². The number of methoxy groups -OCH3 is 1. The molecule has 0 aliphatic rings. The highest BCUT2D eigenvalue weighted by molar-refractivity contribution is 7.89.